The highest BCUT2D eigenvalue weighted by atomic mass is 32.2. The SMILES string of the molecule is O=C(CNS(=O)(=O)c1ccccc1)N/N=C\c1ccc(OC(F)F)cc1. The van der Waals surface area contributed by atoms with Crippen LogP contribution in [0.25, 0.3) is 0 Å². The third kappa shape index (κ3) is 6.22. The molecule has 138 valence electrons. The maximum Gasteiger partial charge on any atom is 0.387 e. The Morgan fingerprint density at radius 3 is 2.38 bits per heavy atom. The Labute approximate surface area is 148 Å². The second-order valence-corrected chi connectivity index (χ2v) is 6.65. The number of rotatable bonds is 8. The normalized spacial score (nSPS) is 11.7. The molecule has 2 rings (SSSR count). The van der Waals surface area contributed by atoms with E-state index in [-0.39, 0.29) is 10.6 Å². The smallest absolute Gasteiger partial charge is 0.387 e. The second kappa shape index (κ2) is 9.02. The number of hydrogen-bond acceptors (Lipinski definition) is 5. The topological polar surface area (TPSA) is 96.9 Å². The highest BCUT2D eigenvalue weighted by Crippen LogP contribution is 2.13. The van der Waals surface area contributed by atoms with Gasteiger partial charge in [-0.05, 0) is 42.0 Å². The lowest BCUT2D eigenvalue weighted by atomic mass is 10.2. The molecule has 0 aliphatic heterocycles. The second-order valence-electron chi connectivity index (χ2n) is 4.88. The molecule has 0 fully saturated rings. The number of nitrogens with zero attached hydrogens (tertiary/aromatic N) is 1. The molecule has 0 aromatic heterocycles. The van der Waals surface area contributed by atoms with E-state index in [1.807, 2.05) is 0 Å². The number of hydrazone groups is 1. The number of carbonyl (C=O) groups excluding carboxylic acids is 1. The van der Waals surface area contributed by atoms with Gasteiger partial charge in [0.2, 0.25) is 10.0 Å². The van der Waals surface area contributed by atoms with Crippen molar-refractivity contribution < 1.29 is 26.7 Å². The molecule has 0 bridgehead atoms. The largest absolute Gasteiger partial charge is 0.435 e. The lowest BCUT2D eigenvalue weighted by Crippen LogP contribution is -2.34. The van der Waals surface area contributed by atoms with Gasteiger partial charge < -0.3 is 4.74 Å². The first-order chi connectivity index (χ1) is 12.4. The van der Waals surface area contributed by atoms with Gasteiger partial charge in [-0.1, -0.05) is 18.2 Å². The van der Waals surface area contributed by atoms with Gasteiger partial charge in [-0.3, -0.25) is 4.79 Å². The minimum Gasteiger partial charge on any atom is -0.435 e. The van der Waals surface area contributed by atoms with Crippen LogP contribution in [0.1, 0.15) is 5.56 Å². The molecule has 2 aromatic rings. The Kier molecular flexibility index (Phi) is 6.75. The maximum atomic E-state index is 12.0. The number of benzene rings is 2. The Hall–Kier alpha value is -2.85. The van der Waals surface area contributed by atoms with E-state index < -0.39 is 29.1 Å². The lowest BCUT2D eigenvalue weighted by molar-refractivity contribution is -0.119. The molecule has 0 atom stereocenters. The summed E-state index contributed by atoms with van der Waals surface area (Å²) in [5, 5.41) is 3.66. The van der Waals surface area contributed by atoms with Crippen molar-refractivity contribution in [2.45, 2.75) is 11.5 Å². The van der Waals surface area contributed by atoms with Crippen LogP contribution in [0.2, 0.25) is 0 Å². The van der Waals surface area contributed by atoms with Gasteiger partial charge in [0.15, 0.2) is 0 Å². The average molecular weight is 383 g/mol. The predicted molar refractivity (Wildman–Crippen MR) is 90.4 cm³/mol. The van der Waals surface area contributed by atoms with Crippen LogP contribution in [0.15, 0.2) is 64.6 Å². The zero-order chi connectivity index (χ0) is 19.0. The summed E-state index contributed by atoms with van der Waals surface area (Å²) in [4.78, 5) is 11.7. The summed E-state index contributed by atoms with van der Waals surface area (Å²) < 4.78 is 54.3. The highest BCUT2D eigenvalue weighted by Gasteiger charge is 2.14. The zero-order valence-corrected chi connectivity index (χ0v) is 14.1. The number of sulfonamides is 1. The van der Waals surface area contributed by atoms with Gasteiger partial charge in [0.1, 0.15) is 5.75 Å². The molecular weight excluding hydrogens is 368 g/mol. The van der Waals surface area contributed by atoms with Crippen molar-refractivity contribution in [1.82, 2.24) is 10.1 Å². The quantitative estimate of drug-likeness (QED) is 0.536. The Morgan fingerprint density at radius 1 is 1.12 bits per heavy atom. The number of amides is 1. The van der Waals surface area contributed by atoms with Gasteiger partial charge in [0.05, 0.1) is 17.7 Å². The van der Waals surface area contributed by atoms with Crippen LogP contribution in [-0.2, 0) is 14.8 Å². The van der Waals surface area contributed by atoms with E-state index in [0.717, 1.165) is 0 Å². The van der Waals surface area contributed by atoms with E-state index in [1.165, 1.54) is 42.6 Å². The minimum atomic E-state index is -3.79. The molecule has 0 saturated carbocycles. The summed E-state index contributed by atoms with van der Waals surface area (Å²) in [5.41, 5.74) is 2.68. The molecule has 0 spiro atoms. The molecule has 2 aromatic carbocycles. The predicted octanol–water partition coefficient (Wildman–Crippen LogP) is 1.72. The molecule has 0 aliphatic carbocycles. The van der Waals surface area contributed by atoms with Gasteiger partial charge in [-0.25, -0.2) is 18.6 Å². The van der Waals surface area contributed by atoms with E-state index in [0.29, 0.717) is 5.56 Å². The first-order valence-electron chi connectivity index (χ1n) is 7.28. The maximum absolute atomic E-state index is 12.0. The summed E-state index contributed by atoms with van der Waals surface area (Å²) in [5.74, 6) is -0.671. The molecule has 10 heteroatoms. The van der Waals surface area contributed by atoms with Crippen molar-refractivity contribution in [2.24, 2.45) is 5.10 Å². The first kappa shape index (κ1) is 19.5. The van der Waals surface area contributed by atoms with Crippen molar-refractivity contribution in [3.8, 4) is 5.75 Å². The molecule has 1 amide bonds. The molecular formula is C16H15F2N3O4S. The molecule has 0 unspecified atom stereocenters. The Balaban J connectivity index is 1.82. The molecule has 26 heavy (non-hydrogen) atoms. The number of halogens is 2. The van der Waals surface area contributed by atoms with E-state index in [2.05, 4.69) is 20.0 Å². The van der Waals surface area contributed by atoms with Crippen LogP contribution >= 0.6 is 0 Å². The number of ether oxygens (including phenoxy) is 1. The summed E-state index contributed by atoms with van der Waals surface area (Å²) in [6.07, 6.45) is 1.27. The lowest BCUT2D eigenvalue weighted by Gasteiger charge is -2.05. The summed E-state index contributed by atoms with van der Waals surface area (Å²) in [6.45, 7) is -3.40. The van der Waals surface area contributed by atoms with Gasteiger partial charge in [0.25, 0.3) is 5.91 Å². The van der Waals surface area contributed by atoms with E-state index in [9.17, 15) is 22.0 Å². The average Bonchev–Trinajstić information content (AvgIpc) is 2.62. The summed E-state index contributed by atoms with van der Waals surface area (Å²) in [7, 11) is -3.79. The van der Waals surface area contributed by atoms with E-state index in [4.69, 9.17) is 0 Å². The van der Waals surface area contributed by atoms with E-state index in [1.54, 1.807) is 18.2 Å². The van der Waals surface area contributed by atoms with Crippen molar-refractivity contribution in [1.29, 1.82) is 0 Å². The molecule has 0 heterocycles. The fraction of sp³-hybridized carbons (Fsp3) is 0.125. The number of carbonyl (C=O) groups is 1. The first-order valence-corrected chi connectivity index (χ1v) is 8.76. The molecule has 0 saturated heterocycles. The van der Waals surface area contributed by atoms with E-state index >= 15 is 0 Å². The zero-order valence-electron chi connectivity index (χ0n) is 13.3. The fourth-order valence-corrected chi connectivity index (χ4v) is 2.80. The van der Waals surface area contributed by atoms with Crippen LogP contribution in [0.3, 0.4) is 0 Å². The molecule has 7 nitrogen and oxygen atoms in total. The number of hydrogen-bond donors (Lipinski definition) is 2. The van der Waals surface area contributed by atoms with Gasteiger partial charge in [-0.15, -0.1) is 0 Å². The molecule has 0 radical (unpaired) electrons. The minimum absolute atomic E-state index is 0.00324. The third-order valence-corrected chi connectivity index (χ3v) is 4.40. The van der Waals surface area contributed by atoms with Crippen molar-refractivity contribution >= 4 is 22.1 Å². The van der Waals surface area contributed by atoms with Crippen LogP contribution < -0.4 is 14.9 Å². The van der Waals surface area contributed by atoms with Crippen molar-refractivity contribution in [2.75, 3.05) is 6.54 Å². The van der Waals surface area contributed by atoms with Crippen LogP contribution in [0.5, 0.6) is 5.75 Å². The third-order valence-electron chi connectivity index (χ3n) is 2.98. The van der Waals surface area contributed by atoms with Crippen molar-refractivity contribution in [3.05, 3.63) is 60.2 Å². The van der Waals surface area contributed by atoms with Crippen LogP contribution in [0.4, 0.5) is 8.78 Å². The number of nitrogens with one attached hydrogen (secondary N) is 2. The summed E-state index contributed by atoms with van der Waals surface area (Å²) >= 11 is 0. The van der Waals surface area contributed by atoms with Gasteiger partial charge in [0, 0.05) is 0 Å². The fourth-order valence-electron chi connectivity index (χ4n) is 1.80. The van der Waals surface area contributed by atoms with Crippen molar-refractivity contribution in [3.63, 3.8) is 0 Å². The van der Waals surface area contributed by atoms with Crippen LogP contribution in [0, 0.1) is 0 Å². The van der Waals surface area contributed by atoms with Gasteiger partial charge >= 0.3 is 6.61 Å². The summed E-state index contributed by atoms with van der Waals surface area (Å²) in [6, 6.07) is 13.2. The Bertz CT molecular complexity index is 857. The Morgan fingerprint density at radius 2 is 1.77 bits per heavy atom. The monoisotopic (exact) mass is 383 g/mol. The molecule has 2 N–H and O–H groups in total. The number of alkyl halides is 2. The highest BCUT2D eigenvalue weighted by molar-refractivity contribution is 7.89. The standard InChI is InChI=1S/C16H15F2N3O4S/c17-16(18)25-13-8-6-12(7-9-13)10-19-21-15(22)11-20-26(23,24)14-4-2-1-3-5-14/h1-10,16,20H,11H2,(H,21,22)/b19-10-. The van der Waals surface area contributed by atoms with Crippen LogP contribution in [-0.4, -0.2) is 33.7 Å². The molecule has 0 aliphatic rings. The van der Waals surface area contributed by atoms with Gasteiger partial charge in [-0.2, -0.15) is 13.9 Å².